The van der Waals surface area contributed by atoms with Gasteiger partial charge in [0.05, 0.1) is 0 Å². The molecule has 6 nitrogen and oxygen atoms in total. The van der Waals surface area contributed by atoms with Crippen molar-refractivity contribution in [2.45, 2.75) is 64.3 Å². The summed E-state index contributed by atoms with van der Waals surface area (Å²) in [6.45, 7) is 7.61. The van der Waals surface area contributed by atoms with Gasteiger partial charge in [-0.1, -0.05) is 25.5 Å². The number of hydrogen-bond donors (Lipinski definition) is 4. The molecule has 0 aromatic heterocycles. The van der Waals surface area contributed by atoms with E-state index in [0.717, 1.165) is 63.1 Å². The third-order valence-electron chi connectivity index (χ3n) is 6.73. The smallest absolute Gasteiger partial charge is 0.157 e. The van der Waals surface area contributed by atoms with Gasteiger partial charge in [0.25, 0.3) is 0 Å². The molecule has 4 N–H and O–H groups in total. The van der Waals surface area contributed by atoms with E-state index >= 15 is 0 Å². The monoisotopic (exact) mass is 616 g/mol. The number of phenolic OH excluding ortho intramolecular Hbond substituents is 4. The fourth-order valence-electron chi connectivity index (χ4n) is 4.88. The number of unbranched alkanes of at least 4 members (excludes halogenated alkanes) is 2. The van der Waals surface area contributed by atoms with E-state index in [2.05, 4.69) is 16.7 Å². The summed E-state index contributed by atoms with van der Waals surface area (Å²) in [6, 6.07) is 10.8. The highest BCUT2D eigenvalue weighted by Gasteiger charge is 2.24. The predicted molar refractivity (Wildman–Crippen MR) is 153 cm³/mol. The Hall–Kier alpha value is -1.48. The van der Waals surface area contributed by atoms with E-state index < -0.39 is 0 Å². The second kappa shape index (κ2) is 16.3. The molecular formula is C27H42Br2N2O4. The topological polar surface area (TPSA) is 87.4 Å². The van der Waals surface area contributed by atoms with Gasteiger partial charge in [0.1, 0.15) is 0 Å². The zero-order chi connectivity index (χ0) is 23.6. The maximum atomic E-state index is 9.76. The third kappa shape index (κ3) is 10.2. The molecule has 1 heterocycles. The van der Waals surface area contributed by atoms with E-state index in [9.17, 15) is 20.4 Å². The molecule has 0 spiro atoms. The van der Waals surface area contributed by atoms with Crippen LogP contribution >= 0.6 is 34.0 Å². The summed E-state index contributed by atoms with van der Waals surface area (Å²) >= 11 is 0. The molecule has 0 amide bonds. The fourth-order valence-corrected chi connectivity index (χ4v) is 4.88. The molecule has 1 aliphatic heterocycles. The summed E-state index contributed by atoms with van der Waals surface area (Å²) in [5.74, 6) is -0.196. The van der Waals surface area contributed by atoms with Gasteiger partial charge >= 0.3 is 0 Å². The molecule has 0 saturated carbocycles. The molecule has 2 aromatic carbocycles. The first-order chi connectivity index (χ1) is 16.0. The minimum absolute atomic E-state index is 0. The molecule has 1 fully saturated rings. The first kappa shape index (κ1) is 31.5. The minimum Gasteiger partial charge on any atom is -0.504 e. The van der Waals surface area contributed by atoms with Gasteiger partial charge in [0.15, 0.2) is 23.0 Å². The van der Waals surface area contributed by atoms with Crippen molar-refractivity contribution in [2.24, 2.45) is 0 Å². The fraction of sp³-hybridized carbons (Fsp3) is 0.556. The van der Waals surface area contributed by atoms with Crippen LogP contribution in [0.15, 0.2) is 36.4 Å². The Morgan fingerprint density at radius 1 is 0.800 bits per heavy atom. The summed E-state index contributed by atoms with van der Waals surface area (Å²) in [7, 11) is 0. The molecule has 0 aliphatic carbocycles. The van der Waals surface area contributed by atoms with Crippen LogP contribution in [0, 0.1) is 0 Å². The van der Waals surface area contributed by atoms with Crippen LogP contribution in [0.1, 0.15) is 56.6 Å². The maximum absolute atomic E-state index is 9.76. The molecule has 8 heteroatoms. The Morgan fingerprint density at radius 3 is 2.11 bits per heavy atom. The standard InChI is InChI=1S/C27H40N2O4.2BrH/c1-2-13-28(17-12-21-8-10-24(30)26(32)19-21)14-4-3-5-15-29-16-6-7-23(29)18-22-9-11-25(31)27(33)20-22;;/h8-11,19-20,23,30-33H,2-7,12-18H2,1H3;2*1H/t23-;;/m0../s1. The van der Waals surface area contributed by atoms with Gasteiger partial charge in [-0.2, -0.15) is 0 Å². The number of phenols is 4. The number of benzene rings is 2. The number of rotatable bonds is 13. The van der Waals surface area contributed by atoms with Crippen molar-refractivity contribution in [3.8, 4) is 23.0 Å². The van der Waals surface area contributed by atoms with E-state index in [-0.39, 0.29) is 57.0 Å². The molecular weight excluding hydrogens is 576 g/mol. The Morgan fingerprint density at radius 2 is 1.46 bits per heavy atom. The molecule has 35 heavy (non-hydrogen) atoms. The number of nitrogens with zero attached hydrogens (tertiary/aromatic N) is 2. The lowest BCUT2D eigenvalue weighted by atomic mass is 10.0. The molecule has 0 radical (unpaired) electrons. The second-order valence-corrected chi connectivity index (χ2v) is 9.33. The average Bonchev–Trinajstić information content (AvgIpc) is 3.23. The van der Waals surface area contributed by atoms with Gasteiger partial charge in [-0.3, -0.25) is 0 Å². The Bertz CT molecular complexity index is 884. The highest BCUT2D eigenvalue weighted by molar-refractivity contribution is 8.93. The van der Waals surface area contributed by atoms with Crippen LogP contribution < -0.4 is 0 Å². The molecule has 0 bridgehead atoms. The van der Waals surface area contributed by atoms with E-state index in [1.165, 1.54) is 32.1 Å². The van der Waals surface area contributed by atoms with Gasteiger partial charge in [0, 0.05) is 12.6 Å². The van der Waals surface area contributed by atoms with Crippen molar-refractivity contribution in [1.82, 2.24) is 9.80 Å². The summed E-state index contributed by atoms with van der Waals surface area (Å²) in [6.07, 6.45) is 8.94. The second-order valence-electron chi connectivity index (χ2n) is 9.33. The van der Waals surface area contributed by atoms with Crippen molar-refractivity contribution in [1.29, 1.82) is 0 Å². The highest BCUT2D eigenvalue weighted by atomic mass is 79.9. The number of aromatic hydroxyl groups is 4. The highest BCUT2D eigenvalue weighted by Crippen LogP contribution is 2.28. The zero-order valence-corrected chi connectivity index (χ0v) is 24.2. The van der Waals surface area contributed by atoms with Crippen molar-refractivity contribution < 1.29 is 20.4 Å². The van der Waals surface area contributed by atoms with Crippen molar-refractivity contribution in [3.05, 3.63) is 47.5 Å². The first-order valence-corrected chi connectivity index (χ1v) is 12.4. The Balaban J connectivity index is 0.00000306. The molecule has 0 unspecified atom stereocenters. The van der Waals surface area contributed by atoms with E-state index in [1.807, 2.05) is 12.1 Å². The van der Waals surface area contributed by atoms with Crippen LogP contribution in [-0.4, -0.2) is 69.0 Å². The summed E-state index contributed by atoms with van der Waals surface area (Å²) < 4.78 is 0. The molecule has 1 saturated heterocycles. The molecule has 2 aromatic rings. The number of halogens is 2. The summed E-state index contributed by atoms with van der Waals surface area (Å²) in [5, 5.41) is 38.5. The van der Waals surface area contributed by atoms with Crippen LogP contribution in [0.5, 0.6) is 23.0 Å². The van der Waals surface area contributed by atoms with E-state index in [0.29, 0.717) is 6.04 Å². The first-order valence-electron chi connectivity index (χ1n) is 12.4. The van der Waals surface area contributed by atoms with Crippen LogP contribution in [0.25, 0.3) is 0 Å². The lowest BCUT2D eigenvalue weighted by Crippen LogP contribution is -2.32. The number of hydrogen-bond acceptors (Lipinski definition) is 6. The summed E-state index contributed by atoms with van der Waals surface area (Å²) in [5.41, 5.74) is 2.13. The maximum Gasteiger partial charge on any atom is 0.157 e. The van der Waals surface area contributed by atoms with Crippen molar-refractivity contribution in [2.75, 3.05) is 32.7 Å². The number of likely N-dealkylation sites (tertiary alicyclic amines) is 1. The molecule has 3 rings (SSSR count). The van der Waals surface area contributed by atoms with Crippen LogP contribution in [0.2, 0.25) is 0 Å². The van der Waals surface area contributed by atoms with Crippen molar-refractivity contribution in [3.63, 3.8) is 0 Å². The average molecular weight is 618 g/mol. The van der Waals surface area contributed by atoms with Crippen LogP contribution in [-0.2, 0) is 12.8 Å². The van der Waals surface area contributed by atoms with Gasteiger partial charge in [0.2, 0.25) is 0 Å². The van der Waals surface area contributed by atoms with Gasteiger partial charge in [-0.05, 0) is 107 Å². The lowest BCUT2D eigenvalue weighted by Gasteiger charge is -2.25. The lowest BCUT2D eigenvalue weighted by molar-refractivity contribution is 0.238. The van der Waals surface area contributed by atoms with Crippen molar-refractivity contribution >= 4 is 34.0 Å². The Kier molecular flexibility index (Phi) is 14.7. The van der Waals surface area contributed by atoms with Crippen LogP contribution in [0.3, 0.4) is 0 Å². The van der Waals surface area contributed by atoms with E-state index in [1.54, 1.807) is 24.3 Å². The molecule has 1 aliphatic rings. The summed E-state index contributed by atoms with van der Waals surface area (Å²) in [4.78, 5) is 5.09. The van der Waals surface area contributed by atoms with Gasteiger partial charge < -0.3 is 30.2 Å². The molecule has 1 atom stereocenters. The van der Waals surface area contributed by atoms with Gasteiger partial charge in [-0.15, -0.1) is 34.0 Å². The normalized spacial score (nSPS) is 15.7. The Labute approximate surface area is 231 Å². The SMILES string of the molecule is Br.Br.CCCN(CCCCCN1CCC[C@H]1Cc1ccc(O)c(O)c1)CCc1ccc(O)c(O)c1. The van der Waals surface area contributed by atoms with Gasteiger partial charge in [-0.25, -0.2) is 0 Å². The minimum atomic E-state index is -0.0642. The largest absolute Gasteiger partial charge is 0.504 e. The molecule has 198 valence electrons. The van der Waals surface area contributed by atoms with E-state index in [4.69, 9.17) is 0 Å². The quantitative estimate of drug-likeness (QED) is 0.168. The zero-order valence-electron chi connectivity index (χ0n) is 20.7. The third-order valence-corrected chi connectivity index (χ3v) is 6.73. The predicted octanol–water partition coefficient (Wildman–Crippen LogP) is 5.80. The van der Waals surface area contributed by atoms with Crippen LogP contribution in [0.4, 0.5) is 0 Å².